The van der Waals surface area contributed by atoms with Crippen LogP contribution in [0.4, 0.5) is 11.4 Å². The summed E-state index contributed by atoms with van der Waals surface area (Å²) in [5.41, 5.74) is 3.52. The van der Waals surface area contributed by atoms with E-state index in [4.69, 9.17) is 12.2 Å². The average Bonchev–Trinajstić information content (AvgIpc) is 2.64. The Morgan fingerprint density at radius 3 is 2.36 bits per heavy atom. The van der Waals surface area contributed by atoms with Crippen molar-refractivity contribution in [2.24, 2.45) is 0 Å². The Kier molecular flexibility index (Phi) is 5.59. The highest BCUT2D eigenvalue weighted by Crippen LogP contribution is 2.15. The first-order valence-electron chi connectivity index (χ1n) is 8.09. The van der Waals surface area contributed by atoms with Gasteiger partial charge in [-0.3, -0.25) is 4.79 Å². The van der Waals surface area contributed by atoms with Gasteiger partial charge in [0, 0.05) is 24.1 Å². The van der Waals surface area contributed by atoms with Crippen molar-refractivity contribution in [3.8, 4) is 0 Å². The molecule has 4 nitrogen and oxygen atoms in total. The molecule has 0 spiro atoms. The fourth-order valence-electron chi connectivity index (χ4n) is 2.47. The van der Waals surface area contributed by atoms with Crippen LogP contribution >= 0.6 is 12.2 Å². The van der Waals surface area contributed by atoms with E-state index in [0.717, 1.165) is 24.3 Å². The maximum atomic E-state index is 12.2. The molecule has 0 atom stereocenters. The van der Waals surface area contributed by atoms with Crippen LogP contribution < -0.4 is 10.6 Å². The highest BCUT2D eigenvalue weighted by molar-refractivity contribution is 7.71. The van der Waals surface area contributed by atoms with Crippen molar-refractivity contribution in [1.82, 2.24) is 4.98 Å². The zero-order chi connectivity index (χ0) is 17.5. The predicted octanol–water partition coefficient (Wildman–Crippen LogP) is 4.65. The van der Waals surface area contributed by atoms with Gasteiger partial charge in [-0.2, -0.15) is 0 Å². The number of nitrogens with one attached hydrogen (secondary N) is 3. The number of carbonyl (C=O) groups is 1. The Labute approximate surface area is 151 Å². The number of H-pyrrole nitrogens is 1. The summed E-state index contributed by atoms with van der Waals surface area (Å²) < 4.78 is 0.430. The van der Waals surface area contributed by atoms with Crippen molar-refractivity contribution in [2.45, 2.75) is 6.42 Å². The number of carbonyl (C=O) groups excluding carboxylic acids is 1. The number of anilines is 2. The SMILES string of the molecule is O=C(Nc1ccc(NCCc2ccccc2)cc1)c1ccc[nH]c1=S. The molecule has 2 aromatic carbocycles. The zero-order valence-electron chi connectivity index (χ0n) is 13.7. The van der Waals surface area contributed by atoms with Crippen LogP contribution in [0, 0.1) is 4.64 Å². The monoisotopic (exact) mass is 349 g/mol. The summed E-state index contributed by atoms with van der Waals surface area (Å²) in [7, 11) is 0. The van der Waals surface area contributed by atoms with Crippen LogP contribution in [0.2, 0.25) is 0 Å². The molecule has 0 saturated carbocycles. The number of benzene rings is 2. The Morgan fingerprint density at radius 1 is 0.920 bits per heavy atom. The summed E-state index contributed by atoms with van der Waals surface area (Å²) in [6.07, 6.45) is 2.67. The maximum Gasteiger partial charge on any atom is 0.258 e. The summed E-state index contributed by atoms with van der Waals surface area (Å²) in [6.45, 7) is 0.856. The molecular weight excluding hydrogens is 330 g/mol. The molecule has 0 radical (unpaired) electrons. The molecule has 0 fully saturated rings. The minimum atomic E-state index is -0.216. The van der Waals surface area contributed by atoms with Crippen molar-refractivity contribution >= 4 is 29.5 Å². The van der Waals surface area contributed by atoms with E-state index in [1.54, 1.807) is 18.3 Å². The van der Waals surface area contributed by atoms with E-state index in [0.29, 0.717) is 10.2 Å². The average molecular weight is 349 g/mol. The van der Waals surface area contributed by atoms with E-state index in [1.807, 2.05) is 42.5 Å². The highest BCUT2D eigenvalue weighted by Gasteiger charge is 2.07. The minimum Gasteiger partial charge on any atom is -0.385 e. The van der Waals surface area contributed by atoms with Crippen LogP contribution in [-0.2, 0) is 6.42 Å². The lowest BCUT2D eigenvalue weighted by molar-refractivity contribution is 0.102. The quantitative estimate of drug-likeness (QED) is 0.568. The van der Waals surface area contributed by atoms with Crippen LogP contribution in [0.1, 0.15) is 15.9 Å². The number of hydrogen-bond donors (Lipinski definition) is 3. The Balaban J connectivity index is 1.54. The van der Waals surface area contributed by atoms with Gasteiger partial charge < -0.3 is 15.6 Å². The van der Waals surface area contributed by atoms with Gasteiger partial charge in [-0.15, -0.1) is 0 Å². The number of pyridine rings is 1. The molecule has 1 heterocycles. The van der Waals surface area contributed by atoms with E-state index in [2.05, 4.69) is 27.8 Å². The van der Waals surface area contributed by atoms with Crippen LogP contribution in [0.25, 0.3) is 0 Å². The number of amides is 1. The van der Waals surface area contributed by atoms with Crippen LogP contribution in [0.5, 0.6) is 0 Å². The largest absolute Gasteiger partial charge is 0.385 e. The number of aromatic amines is 1. The first-order valence-corrected chi connectivity index (χ1v) is 8.50. The first kappa shape index (κ1) is 16.9. The van der Waals surface area contributed by atoms with Gasteiger partial charge in [0.05, 0.1) is 5.56 Å². The number of rotatable bonds is 6. The molecule has 1 aromatic heterocycles. The van der Waals surface area contributed by atoms with E-state index in [1.165, 1.54) is 5.56 Å². The molecule has 3 rings (SSSR count). The third-order valence-corrected chi connectivity index (χ3v) is 4.13. The summed E-state index contributed by atoms with van der Waals surface area (Å²) in [4.78, 5) is 15.1. The molecule has 3 aromatic rings. The molecule has 1 amide bonds. The van der Waals surface area contributed by atoms with Crippen molar-refractivity contribution in [2.75, 3.05) is 17.2 Å². The van der Waals surface area contributed by atoms with Crippen LogP contribution in [0.3, 0.4) is 0 Å². The highest BCUT2D eigenvalue weighted by atomic mass is 32.1. The van der Waals surface area contributed by atoms with Gasteiger partial charge in [0.1, 0.15) is 4.64 Å². The normalized spacial score (nSPS) is 10.2. The van der Waals surface area contributed by atoms with Gasteiger partial charge in [0.25, 0.3) is 5.91 Å². The molecule has 25 heavy (non-hydrogen) atoms. The molecule has 0 aliphatic heterocycles. The first-order chi connectivity index (χ1) is 12.2. The topological polar surface area (TPSA) is 56.9 Å². The number of aromatic nitrogens is 1. The number of hydrogen-bond acceptors (Lipinski definition) is 3. The third kappa shape index (κ3) is 4.78. The Bertz CT molecular complexity index is 889. The summed E-state index contributed by atoms with van der Waals surface area (Å²) in [5, 5.41) is 6.23. The van der Waals surface area contributed by atoms with Gasteiger partial charge in [0.2, 0.25) is 0 Å². The van der Waals surface area contributed by atoms with Gasteiger partial charge in [0.15, 0.2) is 0 Å². The summed E-state index contributed by atoms with van der Waals surface area (Å²) in [5.74, 6) is -0.216. The van der Waals surface area contributed by atoms with Gasteiger partial charge in [-0.1, -0.05) is 42.5 Å². The second-order valence-corrected chi connectivity index (χ2v) is 6.02. The Hall–Kier alpha value is -2.92. The van der Waals surface area contributed by atoms with Crippen molar-refractivity contribution in [3.05, 3.63) is 88.7 Å². The van der Waals surface area contributed by atoms with E-state index < -0.39 is 0 Å². The summed E-state index contributed by atoms with van der Waals surface area (Å²) >= 11 is 5.13. The second kappa shape index (κ2) is 8.26. The molecule has 3 N–H and O–H groups in total. The van der Waals surface area contributed by atoms with E-state index in [-0.39, 0.29) is 5.91 Å². The molecule has 0 unspecified atom stereocenters. The fourth-order valence-corrected chi connectivity index (χ4v) is 2.69. The molecule has 5 heteroatoms. The third-order valence-electron chi connectivity index (χ3n) is 3.79. The lowest BCUT2D eigenvalue weighted by atomic mass is 10.1. The fraction of sp³-hybridized carbons (Fsp3) is 0.100. The molecule has 0 saturated heterocycles. The second-order valence-electron chi connectivity index (χ2n) is 5.61. The maximum absolute atomic E-state index is 12.2. The van der Waals surface area contributed by atoms with Crippen LogP contribution in [-0.4, -0.2) is 17.4 Å². The molecule has 0 aliphatic rings. The standard InChI is InChI=1S/C20H19N3OS/c24-19(18-7-4-13-22-20(18)25)23-17-10-8-16(9-11-17)21-14-12-15-5-2-1-3-6-15/h1-11,13,21H,12,14H2,(H,22,25)(H,23,24). The van der Waals surface area contributed by atoms with Crippen molar-refractivity contribution in [3.63, 3.8) is 0 Å². The van der Waals surface area contributed by atoms with Gasteiger partial charge >= 0.3 is 0 Å². The van der Waals surface area contributed by atoms with Crippen molar-refractivity contribution < 1.29 is 4.79 Å². The minimum absolute atomic E-state index is 0.216. The molecule has 0 bridgehead atoms. The molecule has 126 valence electrons. The van der Waals surface area contributed by atoms with Gasteiger partial charge in [-0.05, 0) is 48.4 Å². The van der Waals surface area contributed by atoms with E-state index >= 15 is 0 Å². The van der Waals surface area contributed by atoms with Gasteiger partial charge in [-0.25, -0.2) is 0 Å². The smallest absolute Gasteiger partial charge is 0.258 e. The summed E-state index contributed by atoms with van der Waals surface area (Å²) in [6, 6.07) is 21.5. The van der Waals surface area contributed by atoms with E-state index in [9.17, 15) is 4.79 Å². The molecule has 0 aliphatic carbocycles. The lowest BCUT2D eigenvalue weighted by Crippen LogP contribution is -2.13. The van der Waals surface area contributed by atoms with Crippen molar-refractivity contribution in [1.29, 1.82) is 0 Å². The predicted molar refractivity (Wildman–Crippen MR) is 105 cm³/mol. The Morgan fingerprint density at radius 2 is 1.64 bits per heavy atom. The molecular formula is C20H19N3OS. The zero-order valence-corrected chi connectivity index (χ0v) is 14.5. The van der Waals surface area contributed by atoms with Crippen LogP contribution in [0.15, 0.2) is 72.9 Å². The lowest BCUT2D eigenvalue weighted by Gasteiger charge is -2.09.